The van der Waals surface area contributed by atoms with Gasteiger partial charge in [0.15, 0.2) is 9.84 Å². The number of furan rings is 1. The Morgan fingerprint density at radius 2 is 2.14 bits per heavy atom. The van der Waals surface area contributed by atoms with Gasteiger partial charge in [-0.1, -0.05) is 12.8 Å². The zero-order chi connectivity index (χ0) is 15.3. The van der Waals surface area contributed by atoms with Gasteiger partial charge in [-0.25, -0.2) is 8.42 Å². The number of hydrogen-bond acceptors (Lipinski definition) is 5. The second-order valence-electron chi connectivity index (χ2n) is 5.36. The van der Waals surface area contributed by atoms with Crippen molar-refractivity contribution in [3.05, 3.63) is 24.2 Å². The Labute approximate surface area is 124 Å². The van der Waals surface area contributed by atoms with Crippen LogP contribution < -0.4 is 5.32 Å². The SMILES string of the molecule is O=C(CCS(=O)(=O)C1CCCC1)NCC(O)c1ccco1. The third-order valence-electron chi connectivity index (χ3n) is 3.79. The second kappa shape index (κ2) is 7.09. The standard InChI is InChI=1S/C14H21NO5S/c16-12(13-6-3-8-20-13)10-15-14(17)7-9-21(18,19)11-4-1-2-5-11/h3,6,8,11-12,16H,1-2,4-5,7,9-10H2,(H,15,17). The van der Waals surface area contributed by atoms with Crippen LogP contribution in [0.2, 0.25) is 0 Å². The van der Waals surface area contributed by atoms with E-state index in [4.69, 9.17) is 4.42 Å². The van der Waals surface area contributed by atoms with Crippen LogP contribution in [0, 0.1) is 0 Å². The number of aliphatic hydroxyl groups is 1. The van der Waals surface area contributed by atoms with Gasteiger partial charge < -0.3 is 14.8 Å². The Hall–Kier alpha value is -1.34. The topological polar surface area (TPSA) is 96.6 Å². The van der Waals surface area contributed by atoms with Gasteiger partial charge in [-0.05, 0) is 25.0 Å². The van der Waals surface area contributed by atoms with E-state index in [0.29, 0.717) is 18.6 Å². The Balaban J connectivity index is 1.72. The maximum Gasteiger partial charge on any atom is 0.221 e. The van der Waals surface area contributed by atoms with E-state index >= 15 is 0 Å². The number of carbonyl (C=O) groups excluding carboxylic acids is 1. The molecule has 6 nitrogen and oxygen atoms in total. The molecule has 1 saturated carbocycles. The lowest BCUT2D eigenvalue weighted by Crippen LogP contribution is -2.31. The molecule has 0 bridgehead atoms. The van der Waals surface area contributed by atoms with E-state index in [9.17, 15) is 18.3 Å². The second-order valence-corrected chi connectivity index (χ2v) is 7.76. The maximum absolute atomic E-state index is 12.0. The number of aliphatic hydroxyl groups excluding tert-OH is 1. The highest BCUT2D eigenvalue weighted by Gasteiger charge is 2.28. The first-order valence-electron chi connectivity index (χ1n) is 7.19. The summed E-state index contributed by atoms with van der Waals surface area (Å²) in [5, 5.41) is 12.0. The summed E-state index contributed by atoms with van der Waals surface area (Å²) in [6.45, 7) is 0.00974. The minimum absolute atomic E-state index is 0.00974. The molecule has 1 atom stereocenters. The van der Waals surface area contributed by atoms with Gasteiger partial charge in [0, 0.05) is 6.42 Å². The molecule has 0 aliphatic heterocycles. The molecule has 1 amide bonds. The normalized spacial score (nSPS) is 17.8. The van der Waals surface area contributed by atoms with Gasteiger partial charge in [0.1, 0.15) is 11.9 Å². The van der Waals surface area contributed by atoms with Crippen LogP contribution in [0.1, 0.15) is 44.0 Å². The summed E-state index contributed by atoms with van der Waals surface area (Å²) in [6, 6.07) is 3.26. The lowest BCUT2D eigenvalue weighted by molar-refractivity contribution is -0.121. The highest BCUT2D eigenvalue weighted by Crippen LogP contribution is 2.25. The molecule has 1 aliphatic rings. The fourth-order valence-corrected chi connectivity index (χ4v) is 4.38. The van der Waals surface area contributed by atoms with Gasteiger partial charge >= 0.3 is 0 Å². The van der Waals surface area contributed by atoms with Crippen LogP contribution in [0.25, 0.3) is 0 Å². The van der Waals surface area contributed by atoms with Crippen LogP contribution in [-0.4, -0.2) is 37.0 Å². The summed E-state index contributed by atoms with van der Waals surface area (Å²) in [4.78, 5) is 11.7. The summed E-state index contributed by atoms with van der Waals surface area (Å²) in [7, 11) is -3.18. The van der Waals surface area contributed by atoms with Crippen molar-refractivity contribution in [3.8, 4) is 0 Å². The molecule has 1 unspecified atom stereocenters. The minimum atomic E-state index is -3.18. The van der Waals surface area contributed by atoms with Gasteiger partial charge in [0.05, 0.1) is 23.8 Å². The smallest absolute Gasteiger partial charge is 0.221 e. The molecule has 0 spiro atoms. The number of carbonyl (C=O) groups is 1. The molecule has 118 valence electrons. The third-order valence-corrected chi connectivity index (χ3v) is 6.05. The van der Waals surface area contributed by atoms with Crippen molar-refractivity contribution in [2.24, 2.45) is 0 Å². The van der Waals surface area contributed by atoms with Gasteiger partial charge in [0.2, 0.25) is 5.91 Å². The van der Waals surface area contributed by atoms with E-state index in [1.807, 2.05) is 0 Å². The molecule has 1 aromatic rings. The summed E-state index contributed by atoms with van der Waals surface area (Å²) >= 11 is 0. The zero-order valence-corrected chi connectivity index (χ0v) is 12.6. The number of rotatable bonds is 7. The summed E-state index contributed by atoms with van der Waals surface area (Å²) < 4.78 is 29.0. The van der Waals surface area contributed by atoms with Crippen molar-refractivity contribution in [1.29, 1.82) is 0 Å². The minimum Gasteiger partial charge on any atom is -0.467 e. The van der Waals surface area contributed by atoms with Crippen LogP contribution >= 0.6 is 0 Å². The number of hydrogen-bond donors (Lipinski definition) is 2. The van der Waals surface area contributed by atoms with E-state index in [1.165, 1.54) is 6.26 Å². The molecule has 1 heterocycles. The fraction of sp³-hybridized carbons (Fsp3) is 0.643. The highest BCUT2D eigenvalue weighted by atomic mass is 32.2. The molecule has 0 aromatic carbocycles. The lowest BCUT2D eigenvalue weighted by Gasteiger charge is -2.12. The Bertz CT molecular complexity index is 546. The lowest BCUT2D eigenvalue weighted by atomic mass is 10.2. The summed E-state index contributed by atoms with van der Waals surface area (Å²) in [6.07, 6.45) is 3.77. The number of nitrogens with one attached hydrogen (secondary N) is 1. The van der Waals surface area contributed by atoms with E-state index in [1.54, 1.807) is 12.1 Å². The van der Waals surface area contributed by atoms with Crippen molar-refractivity contribution in [3.63, 3.8) is 0 Å². The molecule has 1 aliphatic carbocycles. The first-order valence-corrected chi connectivity index (χ1v) is 8.90. The van der Waals surface area contributed by atoms with Crippen LogP contribution in [-0.2, 0) is 14.6 Å². The zero-order valence-electron chi connectivity index (χ0n) is 11.8. The highest BCUT2D eigenvalue weighted by molar-refractivity contribution is 7.92. The largest absolute Gasteiger partial charge is 0.467 e. The van der Waals surface area contributed by atoms with Gasteiger partial charge in [-0.15, -0.1) is 0 Å². The summed E-state index contributed by atoms with van der Waals surface area (Å²) in [5.41, 5.74) is 0. The van der Waals surface area contributed by atoms with E-state index < -0.39 is 15.9 Å². The van der Waals surface area contributed by atoms with Crippen molar-refractivity contribution < 1.29 is 22.7 Å². The Morgan fingerprint density at radius 1 is 1.43 bits per heavy atom. The van der Waals surface area contributed by atoms with Gasteiger partial charge in [-0.3, -0.25) is 4.79 Å². The first-order chi connectivity index (χ1) is 9.99. The van der Waals surface area contributed by atoms with Crippen molar-refractivity contribution >= 4 is 15.7 Å². The van der Waals surface area contributed by atoms with Crippen LogP contribution in [0.3, 0.4) is 0 Å². The van der Waals surface area contributed by atoms with Gasteiger partial charge in [-0.2, -0.15) is 0 Å². The van der Waals surface area contributed by atoms with E-state index in [0.717, 1.165) is 12.8 Å². The molecule has 0 radical (unpaired) electrons. The molecule has 0 saturated heterocycles. The average Bonchev–Trinajstić information content (AvgIpc) is 3.14. The average molecular weight is 315 g/mol. The van der Waals surface area contributed by atoms with Crippen LogP contribution in [0.5, 0.6) is 0 Å². The predicted octanol–water partition coefficient (Wildman–Crippen LogP) is 1.18. The summed E-state index contributed by atoms with van der Waals surface area (Å²) in [5.74, 6) is -0.128. The first kappa shape index (κ1) is 16.0. The van der Waals surface area contributed by atoms with E-state index in [2.05, 4.69) is 5.32 Å². The Morgan fingerprint density at radius 3 is 2.76 bits per heavy atom. The van der Waals surface area contributed by atoms with Crippen LogP contribution in [0.4, 0.5) is 0 Å². The van der Waals surface area contributed by atoms with Crippen molar-refractivity contribution in [1.82, 2.24) is 5.32 Å². The van der Waals surface area contributed by atoms with Gasteiger partial charge in [0.25, 0.3) is 0 Å². The Kier molecular flexibility index (Phi) is 5.41. The molecular formula is C14H21NO5S. The third kappa shape index (κ3) is 4.57. The molecular weight excluding hydrogens is 294 g/mol. The molecule has 21 heavy (non-hydrogen) atoms. The van der Waals surface area contributed by atoms with E-state index in [-0.39, 0.29) is 29.9 Å². The number of sulfone groups is 1. The quantitative estimate of drug-likeness (QED) is 0.787. The maximum atomic E-state index is 12.0. The van der Waals surface area contributed by atoms with Crippen molar-refractivity contribution in [2.45, 2.75) is 43.5 Å². The molecule has 1 aromatic heterocycles. The fourth-order valence-electron chi connectivity index (χ4n) is 2.53. The molecule has 7 heteroatoms. The van der Waals surface area contributed by atoms with Crippen molar-refractivity contribution in [2.75, 3.05) is 12.3 Å². The number of amides is 1. The molecule has 2 rings (SSSR count). The van der Waals surface area contributed by atoms with Crippen LogP contribution in [0.15, 0.2) is 22.8 Å². The molecule has 1 fully saturated rings. The molecule has 2 N–H and O–H groups in total. The predicted molar refractivity (Wildman–Crippen MR) is 77.3 cm³/mol. The monoisotopic (exact) mass is 315 g/mol.